The summed E-state index contributed by atoms with van der Waals surface area (Å²) >= 11 is 0. The molecule has 1 aromatic carbocycles. The van der Waals surface area contributed by atoms with Crippen LogP contribution < -0.4 is 5.32 Å². The maximum Gasteiger partial charge on any atom is 0.307 e. The molecule has 0 saturated carbocycles. The highest BCUT2D eigenvalue weighted by molar-refractivity contribution is 5.70. The molecule has 2 rings (SSSR count). The second-order valence-electron chi connectivity index (χ2n) is 4.16. The average molecular weight is 261 g/mol. The topological polar surface area (TPSA) is 69.6 Å². The van der Waals surface area contributed by atoms with Crippen molar-refractivity contribution in [1.82, 2.24) is 5.32 Å². The van der Waals surface area contributed by atoms with Gasteiger partial charge < -0.3 is 15.5 Å². The molecule has 18 heavy (non-hydrogen) atoms. The third-order valence-electron chi connectivity index (χ3n) is 3.02. The van der Waals surface area contributed by atoms with Gasteiger partial charge in [0.05, 0.1) is 5.92 Å². The number of aromatic hydroxyl groups is 1. The van der Waals surface area contributed by atoms with E-state index in [1.807, 2.05) is 0 Å². The molecule has 2 unspecified atom stereocenters. The Hall–Kier alpha value is -1.76. The van der Waals surface area contributed by atoms with Crippen LogP contribution in [0.4, 0.5) is 13.2 Å². The van der Waals surface area contributed by atoms with Gasteiger partial charge in [0.15, 0.2) is 17.4 Å². The molecule has 2 atom stereocenters. The lowest BCUT2D eigenvalue weighted by atomic mass is 9.99. The van der Waals surface area contributed by atoms with Crippen LogP contribution in [0.25, 0.3) is 0 Å². The molecule has 1 aliphatic rings. The summed E-state index contributed by atoms with van der Waals surface area (Å²) in [5, 5.41) is 20.6. The maximum atomic E-state index is 13.6. The lowest BCUT2D eigenvalue weighted by Crippen LogP contribution is -2.18. The summed E-state index contributed by atoms with van der Waals surface area (Å²) in [4.78, 5) is 10.7. The number of hydrogen-bond donors (Lipinski definition) is 3. The lowest BCUT2D eigenvalue weighted by Gasteiger charge is -2.13. The molecule has 0 bridgehead atoms. The number of phenolic OH excluding ortho intramolecular Hbond substituents is 1. The van der Waals surface area contributed by atoms with Crippen molar-refractivity contribution in [3.63, 3.8) is 0 Å². The molecule has 0 aromatic heterocycles. The number of carboxylic acids is 1. The van der Waals surface area contributed by atoms with Crippen molar-refractivity contribution in [2.45, 2.75) is 12.5 Å². The predicted molar refractivity (Wildman–Crippen MR) is 54.5 cm³/mol. The van der Waals surface area contributed by atoms with Gasteiger partial charge in [-0.1, -0.05) is 0 Å². The van der Waals surface area contributed by atoms with Crippen molar-refractivity contribution in [2.24, 2.45) is 5.92 Å². The first-order valence-corrected chi connectivity index (χ1v) is 5.24. The number of phenols is 1. The summed E-state index contributed by atoms with van der Waals surface area (Å²) in [6.07, 6.45) is 0.0523. The van der Waals surface area contributed by atoms with E-state index < -0.39 is 41.1 Å². The molecule has 0 spiro atoms. The number of carbonyl (C=O) groups is 1. The van der Waals surface area contributed by atoms with Crippen molar-refractivity contribution < 1.29 is 28.2 Å². The third kappa shape index (κ3) is 2.01. The largest absolute Gasteiger partial charge is 0.503 e. The molecule has 0 radical (unpaired) electrons. The van der Waals surface area contributed by atoms with E-state index in [1.165, 1.54) is 0 Å². The highest BCUT2D eigenvalue weighted by atomic mass is 19.2. The Balaban J connectivity index is 2.33. The maximum absolute atomic E-state index is 13.6. The Morgan fingerprint density at radius 3 is 2.56 bits per heavy atom. The normalized spacial score (nSPS) is 23.3. The van der Waals surface area contributed by atoms with Gasteiger partial charge in [-0.05, 0) is 12.5 Å². The van der Waals surface area contributed by atoms with Gasteiger partial charge in [0.2, 0.25) is 5.82 Å². The molecule has 1 aliphatic heterocycles. The monoisotopic (exact) mass is 261 g/mol. The Bertz CT molecular complexity index is 507. The fourth-order valence-corrected chi connectivity index (χ4v) is 2.02. The molecule has 1 fully saturated rings. The van der Waals surface area contributed by atoms with Gasteiger partial charge in [0.25, 0.3) is 0 Å². The van der Waals surface area contributed by atoms with E-state index in [9.17, 15) is 18.0 Å². The van der Waals surface area contributed by atoms with Crippen LogP contribution in [0.3, 0.4) is 0 Å². The number of rotatable bonds is 2. The number of aliphatic carboxylic acids is 1. The van der Waals surface area contributed by atoms with Crippen molar-refractivity contribution in [2.75, 3.05) is 6.54 Å². The molecule has 1 aromatic rings. The highest BCUT2D eigenvalue weighted by Gasteiger charge is 2.33. The van der Waals surface area contributed by atoms with Crippen molar-refractivity contribution in [3.8, 4) is 5.75 Å². The van der Waals surface area contributed by atoms with E-state index in [-0.39, 0.29) is 18.5 Å². The third-order valence-corrected chi connectivity index (χ3v) is 3.02. The van der Waals surface area contributed by atoms with E-state index >= 15 is 0 Å². The number of nitrogens with one attached hydrogen (secondary N) is 1. The number of carboxylic acid groups (broad SMARTS) is 1. The van der Waals surface area contributed by atoms with Crippen LogP contribution in [0.1, 0.15) is 18.0 Å². The summed E-state index contributed by atoms with van der Waals surface area (Å²) in [6.45, 7) is 0.110. The zero-order chi connectivity index (χ0) is 13.4. The van der Waals surface area contributed by atoms with E-state index in [0.29, 0.717) is 6.07 Å². The smallest absolute Gasteiger partial charge is 0.307 e. The van der Waals surface area contributed by atoms with Crippen molar-refractivity contribution in [3.05, 3.63) is 29.1 Å². The number of hydrogen-bond acceptors (Lipinski definition) is 3. The molecular weight excluding hydrogens is 251 g/mol. The standard InChI is InChI=1S/C11H10F3NO3/c12-6-2-5(8(13)10(16)9(6)14)7-1-4(3-15-7)11(17)18/h2,4,7,15-16H,1,3H2,(H,17,18). The molecule has 98 valence electrons. The first-order valence-electron chi connectivity index (χ1n) is 5.24. The Morgan fingerprint density at radius 2 is 2.00 bits per heavy atom. The van der Waals surface area contributed by atoms with E-state index in [2.05, 4.69) is 5.32 Å². The van der Waals surface area contributed by atoms with Gasteiger partial charge in [-0.25, -0.2) is 8.78 Å². The zero-order valence-corrected chi connectivity index (χ0v) is 9.08. The summed E-state index contributed by atoms with van der Waals surface area (Å²) in [5.74, 6) is -7.43. The second kappa shape index (κ2) is 4.49. The van der Waals surface area contributed by atoms with Crippen LogP contribution in [0.5, 0.6) is 5.75 Å². The summed E-state index contributed by atoms with van der Waals surface area (Å²) in [7, 11) is 0. The molecule has 1 heterocycles. The minimum Gasteiger partial charge on any atom is -0.503 e. The molecule has 4 nitrogen and oxygen atoms in total. The van der Waals surface area contributed by atoms with E-state index in [4.69, 9.17) is 10.2 Å². The number of benzene rings is 1. The second-order valence-corrected chi connectivity index (χ2v) is 4.16. The fourth-order valence-electron chi connectivity index (χ4n) is 2.02. The molecular formula is C11H10F3NO3. The SMILES string of the molecule is O=C(O)C1CNC(c2cc(F)c(F)c(O)c2F)C1. The average Bonchev–Trinajstić information content (AvgIpc) is 2.80. The Labute approximate surface area is 100 Å². The first kappa shape index (κ1) is 12.7. The van der Waals surface area contributed by atoms with Crippen LogP contribution in [0, 0.1) is 23.4 Å². The summed E-state index contributed by atoms with van der Waals surface area (Å²) in [5.41, 5.74) is -0.268. The first-order chi connectivity index (χ1) is 8.41. The Morgan fingerprint density at radius 1 is 1.33 bits per heavy atom. The van der Waals surface area contributed by atoms with Gasteiger partial charge >= 0.3 is 5.97 Å². The van der Waals surface area contributed by atoms with Gasteiger partial charge in [0.1, 0.15) is 0 Å². The van der Waals surface area contributed by atoms with Crippen LogP contribution in [0.15, 0.2) is 6.07 Å². The van der Waals surface area contributed by atoms with Crippen LogP contribution in [-0.4, -0.2) is 22.7 Å². The van der Waals surface area contributed by atoms with Gasteiger partial charge in [-0.2, -0.15) is 4.39 Å². The number of halogens is 3. The van der Waals surface area contributed by atoms with E-state index in [0.717, 1.165) is 0 Å². The van der Waals surface area contributed by atoms with Gasteiger partial charge in [0, 0.05) is 18.2 Å². The zero-order valence-electron chi connectivity index (χ0n) is 9.08. The quantitative estimate of drug-likeness (QED) is 0.706. The van der Waals surface area contributed by atoms with E-state index in [1.54, 1.807) is 0 Å². The summed E-state index contributed by atoms with van der Waals surface area (Å²) < 4.78 is 39.5. The highest BCUT2D eigenvalue weighted by Crippen LogP contribution is 2.34. The van der Waals surface area contributed by atoms with Gasteiger partial charge in [-0.3, -0.25) is 4.79 Å². The molecule has 0 aliphatic carbocycles. The van der Waals surface area contributed by atoms with Crippen LogP contribution in [0.2, 0.25) is 0 Å². The van der Waals surface area contributed by atoms with Crippen LogP contribution in [-0.2, 0) is 4.79 Å². The van der Waals surface area contributed by atoms with Crippen LogP contribution >= 0.6 is 0 Å². The Kier molecular flexibility index (Phi) is 3.16. The minimum absolute atomic E-state index is 0.0523. The molecule has 1 saturated heterocycles. The summed E-state index contributed by atoms with van der Waals surface area (Å²) in [6, 6.07) is -0.126. The lowest BCUT2D eigenvalue weighted by molar-refractivity contribution is -0.141. The molecule has 7 heteroatoms. The fraction of sp³-hybridized carbons (Fsp3) is 0.364. The van der Waals surface area contributed by atoms with Crippen molar-refractivity contribution in [1.29, 1.82) is 0 Å². The molecule has 3 N–H and O–H groups in total. The van der Waals surface area contributed by atoms with Gasteiger partial charge in [-0.15, -0.1) is 0 Å². The van der Waals surface area contributed by atoms with Crippen molar-refractivity contribution >= 4 is 5.97 Å². The molecule has 0 amide bonds. The minimum atomic E-state index is -1.65. The predicted octanol–water partition coefficient (Wildman–Crippen LogP) is 1.54.